The van der Waals surface area contributed by atoms with Crippen LogP contribution in [0.25, 0.3) is 11.4 Å². The smallest absolute Gasteiger partial charge is 0.267 e. The maximum atomic E-state index is 11.6. The van der Waals surface area contributed by atoms with E-state index in [4.69, 9.17) is 11.6 Å². The van der Waals surface area contributed by atoms with E-state index in [0.717, 1.165) is 6.42 Å². The lowest BCUT2D eigenvalue weighted by Crippen LogP contribution is -2.21. The van der Waals surface area contributed by atoms with Gasteiger partial charge in [0.05, 0.1) is 10.7 Å². The van der Waals surface area contributed by atoms with E-state index >= 15 is 0 Å². The third kappa shape index (κ3) is 3.43. The number of rotatable bonds is 2. The molecule has 0 atom stereocenters. The van der Waals surface area contributed by atoms with Gasteiger partial charge in [0, 0.05) is 18.7 Å². The zero-order chi connectivity index (χ0) is 13.7. The van der Waals surface area contributed by atoms with Gasteiger partial charge in [0.15, 0.2) is 0 Å². The fourth-order valence-corrected chi connectivity index (χ4v) is 1.59. The molecule has 0 amide bonds. The predicted octanol–water partition coefficient (Wildman–Crippen LogP) is 2.37. The molecule has 2 heterocycles. The Morgan fingerprint density at radius 2 is 2.00 bits per heavy atom. The molecule has 0 saturated heterocycles. The maximum Gasteiger partial charge on any atom is 0.267 e. The Morgan fingerprint density at radius 1 is 1.21 bits per heavy atom. The fourth-order valence-electron chi connectivity index (χ4n) is 1.48. The first-order valence-corrected chi connectivity index (χ1v) is 6.24. The van der Waals surface area contributed by atoms with Crippen LogP contribution in [0.5, 0.6) is 0 Å². The van der Waals surface area contributed by atoms with Crippen LogP contribution in [0.1, 0.15) is 13.3 Å². The van der Waals surface area contributed by atoms with E-state index in [2.05, 4.69) is 21.9 Å². The first kappa shape index (κ1) is 13.3. The molecule has 0 aromatic carbocycles. The van der Waals surface area contributed by atoms with Crippen molar-refractivity contribution >= 4 is 11.6 Å². The molecule has 0 bridgehead atoms. The summed E-state index contributed by atoms with van der Waals surface area (Å²) >= 11 is 5.78. The summed E-state index contributed by atoms with van der Waals surface area (Å²) < 4.78 is 1.33. The van der Waals surface area contributed by atoms with Crippen molar-refractivity contribution in [3.63, 3.8) is 0 Å². The van der Waals surface area contributed by atoms with Gasteiger partial charge in [-0.2, -0.15) is 5.10 Å². The quantitative estimate of drug-likeness (QED) is 0.789. The second kappa shape index (κ2) is 6.17. The Labute approximate surface area is 116 Å². The van der Waals surface area contributed by atoms with Crippen LogP contribution in [0, 0.1) is 11.8 Å². The average Bonchev–Trinajstić information content (AvgIpc) is 2.42. The van der Waals surface area contributed by atoms with E-state index in [-0.39, 0.29) is 12.1 Å². The van der Waals surface area contributed by atoms with Crippen LogP contribution in [0.4, 0.5) is 0 Å². The van der Waals surface area contributed by atoms with Gasteiger partial charge in [-0.1, -0.05) is 24.4 Å². The van der Waals surface area contributed by atoms with Gasteiger partial charge in [0.2, 0.25) is 0 Å². The van der Waals surface area contributed by atoms with Crippen LogP contribution in [-0.2, 0) is 6.54 Å². The lowest BCUT2D eigenvalue weighted by atomic mass is 10.2. The number of hydrogen-bond donors (Lipinski definition) is 0. The molecule has 0 radical (unpaired) electrons. The molecule has 2 rings (SSSR count). The van der Waals surface area contributed by atoms with Crippen LogP contribution < -0.4 is 5.56 Å². The van der Waals surface area contributed by atoms with Crippen molar-refractivity contribution in [3.05, 3.63) is 45.8 Å². The molecule has 0 N–H and O–H groups in total. The third-order valence-corrected chi connectivity index (χ3v) is 2.61. The van der Waals surface area contributed by atoms with Gasteiger partial charge in [0.1, 0.15) is 12.2 Å². The molecular formula is C14H12ClN3O. The number of hydrogen-bond acceptors (Lipinski definition) is 3. The second-order valence-electron chi connectivity index (χ2n) is 3.78. The van der Waals surface area contributed by atoms with Gasteiger partial charge in [-0.15, -0.1) is 5.92 Å². The van der Waals surface area contributed by atoms with Crippen molar-refractivity contribution in [1.82, 2.24) is 14.8 Å². The highest BCUT2D eigenvalue weighted by atomic mass is 35.5. The highest BCUT2D eigenvalue weighted by Gasteiger charge is 2.03. The standard InChI is InChI=1S/C14H12ClN3O/c1-2-3-4-9-18-14(19)8-7-13(17-18)12-6-5-11(15)10-16-12/h5-8,10H,2,9H2,1H3. The first-order chi connectivity index (χ1) is 9.20. The van der Waals surface area contributed by atoms with Crippen LogP contribution in [0.15, 0.2) is 35.3 Å². The number of nitrogens with zero attached hydrogens (tertiary/aromatic N) is 3. The fraction of sp³-hybridized carbons (Fsp3) is 0.214. The molecule has 0 spiro atoms. The minimum Gasteiger partial charge on any atom is -0.268 e. The van der Waals surface area contributed by atoms with E-state index in [1.165, 1.54) is 10.7 Å². The van der Waals surface area contributed by atoms with Crippen LogP contribution >= 0.6 is 11.6 Å². The molecule has 19 heavy (non-hydrogen) atoms. The molecule has 2 aromatic rings. The Hall–Kier alpha value is -2.12. The maximum absolute atomic E-state index is 11.6. The summed E-state index contributed by atoms with van der Waals surface area (Å²) in [5.74, 6) is 5.80. The number of aromatic nitrogens is 3. The van der Waals surface area contributed by atoms with Gasteiger partial charge in [-0.25, -0.2) is 4.68 Å². The highest BCUT2D eigenvalue weighted by molar-refractivity contribution is 6.30. The summed E-state index contributed by atoms with van der Waals surface area (Å²) in [6.07, 6.45) is 2.30. The van der Waals surface area contributed by atoms with Crippen molar-refractivity contribution in [2.75, 3.05) is 0 Å². The van der Waals surface area contributed by atoms with Gasteiger partial charge < -0.3 is 0 Å². The number of halogens is 1. The molecule has 5 heteroatoms. The molecule has 0 saturated carbocycles. The molecule has 0 unspecified atom stereocenters. The molecule has 0 aliphatic rings. The van der Waals surface area contributed by atoms with Crippen molar-refractivity contribution in [2.45, 2.75) is 19.9 Å². The van der Waals surface area contributed by atoms with Gasteiger partial charge >= 0.3 is 0 Å². The van der Waals surface area contributed by atoms with Crippen molar-refractivity contribution in [1.29, 1.82) is 0 Å². The zero-order valence-electron chi connectivity index (χ0n) is 10.4. The van der Waals surface area contributed by atoms with Gasteiger partial charge in [-0.3, -0.25) is 9.78 Å². The van der Waals surface area contributed by atoms with Crippen LogP contribution in [-0.4, -0.2) is 14.8 Å². The minimum absolute atomic E-state index is 0.178. The summed E-state index contributed by atoms with van der Waals surface area (Å²) in [6.45, 7) is 2.24. The second-order valence-corrected chi connectivity index (χ2v) is 4.22. The molecule has 2 aromatic heterocycles. The largest absolute Gasteiger partial charge is 0.268 e. The van der Waals surface area contributed by atoms with E-state index in [9.17, 15) is 4.79 Å². The number of pyridine rings is 1. The molecule has 96 valence electrons. The summed E-state index contributed by atoms with van der Waals surface area (Å²) in [6, 6.07) is 6.60. The Balaban J connectivity index is 2.35. The summed E-state index contributed by atoms with van der Waals surface area (Å²) in [7, 11) is 0. The lowest BCUT2D eigenvalue weighted by molar-refractivity contribution is 0.665. The lowest BCUT2D eigenvalue weighted by Gasteiger charge is -2.03. The van der Waals surface area contributed by atoms with Gasteiger partial charge in [0.25, 0.3) is 5.56 Å². The van der Waals surface area contributed by atoms with E-state index < -0.39 is 0 Å². The molecule has 4 nitrogen and oxygen atoms in total. The Kier molecular flexibility index (Phi) is 4.32. The predicted molar refractivity (Wildman–Crippen MR) is 74.8 cm³/mol. The SMILES string of the molecule is CCC#CCn1nc(-c2ccc(Cl)cn2)ccc1=O. The normalized spacial score (nSPS) is 9.79. The van der Waals surface area contributed by atoms with E-state index in [1.807, 2.05) is 6.92 Å². The summed E-state index contributed by atoms with van der Waals surface area (Å²) in [5.41, 5.74) is 1.11. The van der Waals surface area contributed by atoms with E-state index in [1.54, 1.807) is 24.4 Å². The molecule has 0 aliphatic carbocycles. The third-order valence-electron chi connectivity index (χ3n) is 2.39. The first-order valence-electron chi connectivity index (χ1n) is 5.86. The Morgan fingerprint density at radius 3 is 2.68 bits per heavy atom. The highest BCUT2D eigenvalue weighted by Crippen LogP contribution is 2.14. The molecule has 0 aliphatic heterocycles. The molecule has 0 fully saturated rings. The van der Waals surface area contributed by atoms with Crippen molar-refractivity contribution < 1.29 is 0 Å². The monoisotopic (exact) mass is 273 g/mol. The Bertz CT molecular complexity index is 680. The minimum atomic E-state index is -0.178. The zero-order valence-corrected chi connectivity index (χ0v) is 11.2. The average molecular weight is 274 g/mol. The summed E-state index contributed by atoms with van der Waals surface area (Å²) in [4.78, 5) is 15.8. The summed E-state index contributed by atoms with van der Waals surface area (Å²) in [5, 5.41) is 4.80. The van der Waals surface area contributed by atoms with E-state index in [0.29, 0.717) is 16.4 Å². The topological polar surface area (TPSA) is 47.8 Å². The van der Waals surface area contributed by atoms with Gasteiger partial charge in [-0.05, 0) is 18.2 Å². The van der Waals surface area contributed by atoms with Crippen LogP contribution in [0.2, 0.25) is 5.02 Å². The molecular weight excluding hydrogens is 262 g/mol. The van der Waals surface area contributed by atoms with Crippen molar-refractivity contribution in [2.24, 2.45) is 0 Å². The van der Waals surface area contributed by atoms with Crippen LogP contribution in [0.3, 0.4) is 0 Å². The van der Waals surface area contributed by atoms with Crippen molar-refractivity contribution in [3.8, 4) is 23.2 Å².